The zero-order valence-electron chi connectivity index (χ0n) is 16.0. The van der Waals surface area contributed by atoms with E-state index in [-0.39, 0.29) is 11.9 Å². The second kappa shape index (κ2) is 6.84. The molecule has 0 saturated carbocycles. The lowest BCUT2D eigenvalue weighted by Crippen LogP contribution is -2.20. The van der Waals surface area contributed by atoms with E-state index in [0.717, 1.165) is 12.8 Å². The number of imidazole rings is 1. The standard InChI is InChI=1S/C22H21FN6/c1-13-6-8-18(16-5-3-2-4-15(13)16)27-21-17(24)10-26-22(28-21)19-11-25-20-9-7-14(23)12-29(19)20/h2-5,7,9-13,18H,6,8,24H2,1H3,(H,26,27,28)/t13-,18-/m1/s1. The van der Waals surface area contributed by atoms with Gasteiger partial charge in [0.25, 0.3) is 0 Å². The first-order chi connectivity index (χ1) is 14.1. The van der Waals surface area contributed by atoms with Crippen LogP contribution >= 0.6 is 0 Å². The van der Waals surface area contributed by atoms with Gasteiger partial charge in [0.2, 0.25) is 0 Å². The fraction of sp³-hybridized carbons (Fsp3) is 0.227. The summed E-state index contributed by atoms with van der Waals surface area (Å²) in [6.45, 7) is 2.26. The molecule has 146 valence electrons. The van der Waals surface area contributed by atoms with Crippen molar-refractivity contribution in [1.82, 2.24) is 19.4 Å². The number of halogens is 1. The predicted octanol–water partition coefficient (Wildman–Crippen LogP) is 4.56. The fourth-order valence-corrected chi connectivity index (χ4v) is 4.07. The first-order valence-corrected chi connectivity index (χ1v) is 9.71. The van der Waals surface area contributed by atoms with Gasteiger partial charge < -0.3 is 11.1 Å². The molecule has 1 aliphatic rings. The van der Waals surface area contributed by atoms with Gasteiger partial charge in [0.1, 0.15) is 17.2 Å². The monoisotopic (exact) mass is 388 g/mol. The number of nitrogen functional groups attached to an aromatic ring is 1. The number of nitrogens with one attached hydrogen (secondary N) is 1. The van der Waals surface area contributed by atoms with Gasteiger partial charge in [0, 0.05) is 6.20 Å². The first kappa shape index (κ1) is 17.6. The van der Waals surface area contributed by atoms with Crippen molar-refractivity contribution in [2.45, 2.75) is 31.7 Å². The van der Waals surface area contributed by atoms with Crippen LogP contribution in [0, 0.1) is 5.82 Å². The highest BCUT2D eigenvalue weighted by molar-refractivity contribution is 5.66. The first-order valence-electron chi connectivity index (χ1n) is 9.71. The van der Waals surface area contributed by atoms with Gasteiger partial charge in [-0.25, -0.2) is 19.3 Å². The minimum Gasteiger partial charge on any atom is -0.394 e. The van der Waals surface area contributed by atoms with Gasteiger partial charge in [-0.05, 0) is 42.0 Å². The minimum absolute atomic E-state index is 0.132. The Bertz CT molecular complexity index is 1200. The summed E-state index contributed by atoms with van der Waals surface area (Å²) in [5, 5.41) is 3.51. The SMILES string of the molecule is C[C@@H]1CC[C@@H](Nc2nc(-c3cnc4ccc(F)cn34)ncc2N)c2ccccc21. The van der Waals surface area contributed by atoms with Crippen LogP contribution in [0.2, 0.25) is 0 Å². The normalized spacial score (nSPS) is 18.6. The van der Waals surface area contributed by atoms with Gasteiger partial charge in [0.15, 0.2) is 11.6 Å². The quantitative estimate of drug-likeness (QED) is 0.538. The van der Waals surface area contributed by atoms with Crippen LogP contribution < -0.4 is 11.1 Å². The summed E-state index contributed by atoms with van der Waals surface area (Å²) in [5.41, 5.74) is 10.5. The summed E-state index contributed by atoms with van der Waals surface area (Å²) >= 11 is 0. The van der Waals surface area contributed by atoms with Gasteiger partial charge in [-0.15, -0.1) is 0 Å². The Morgan fingerprint density at radius 3 is 2.76 bits per heavy atom. The Kier molecular flexibility index (Phi) is 4.16. The van der Waals surface area contributed by atoms with Gasteiger partial charge in [-0.2, -0.15) is 0 Å². The summed E-state index contributed by atoms with van der Waals surface area (Å²) in [6.07, 6.45) is 6.70. The molecular weight excluding hydrogens is 367 g/mol. The van der Waals surface area contributed by atoms with Crippen molar-refractivity contribution in [2.75, 3.05) is 11.1 Å². The molecule has 0 unspecified atom stereocenters. The Morgan fingerprint density at radius 2 is 1.90 bits per heavy atom. The number of benzene rings is 1. The number of fused-ring (bicyclic) bond motifs is 2. The number of nitrogens with two attached hydrogens (primary N) is 1. The van der Waals surface area contributed by atoms with Crippen molar-refractivity contribution in [3.05, 3.63) is 71.9 Å². The van der Waals surface area contributed by atoms with Crippen molar-refractivity contribution in [1.29, 1.82) is 0 Å². The van der Waals surface area contributed by atoms with E-state index in [4.69, 9.17) is 5.73 Å². The van der Waals surface area contributed by atoms with Crippen LogP contribution in [0.3, 0.4) is 0 Å². The second-order valence-corrected chi connectivity index (χ2v) is 7.52. The van der Waals surface area contributed by atoms with E-state index in [9.17, 15) is 4.39 Å². The molecule has 6 nitrogen and oxygen atoms in total. The third-order valence-electron chi connectivity index (χ3n) is 5.62. The summed E-state index contributed by atoms with van der Waals surface area (Å²) in [6, 6.07) is 11.6. The van der Waals surface area contributed by atoms with Gasteiger partial charge in [-0.3, -0.25) is 4.40 Å². The van der Waals surface area contributed by atoms with E-state index in [0.29, 0.717) is 34.6 Å². The molecule has 3 heterocycles. The van der Waals surface area contributed by atoms with E-state index >= 15 is 0 Å². The molecule has 0 aliphatic heterocycles. The topological polar surface area (TPSA) is 81.1 Å². The molecular formula is C22H21FN6. The molecule has 3 N–H and O–H groups in total. The summed E-state index contributed by atoms with van der Waals surface area (Å²) < 4.78 is 15.4. The van der Waals surface area contributed by atoms with E-state index < -0.39 is 0 Å². The van der Waals surface area contributed by atoms with E-state index in [1.165, 1.54) is 23.4 Å². The van der Waals surface area contributed by atoms with Crippen LogP contribution in [0.4, 0.5) is 15.9 Å². The Morgan fingerprint density at radius 1 is 1.07 bits per heavy atom. The highest BCUT2D eigenvalue weighted by atomic mass is 19.1. The van der Waals surface area contributed by atoms with Crippen molar-refractivity contribution in [3.63, 3.8) is 0 Å². The number of aromatic nitrogens is 4. The minimum atomic E-state index is -0.349. The highest BCUT2D eigenvalue weighted by Gasteiger charge is 2.25. The molecule has 3 aromatic heterocycles. The molecule has 2 atom stereocenters. The third kappa shape index (κ3) is 3.08. The number of hydrogen-bond acceptors (Lipinski definition) is 5. The van der Waals surface area contributed by atoms with Crippen LogP contribution in [0.25, 0.3) is 17.2 Å². The predicted molar refractivity (Wildman–Crippen MR) is 111 cm³/mol. The smallest absolute Gasteiger partial charge is 0.180 e. The summed E-state index contributed by atoms with van der Waals surface area (Å²) in [5.74, 6) is 1.21. The van der Waals surface area contributed by atoms with Gasteiger partial charge in [0.05, 0.1) is 24.1 Å². The van der Waals surface area contributed by atoms with E-state index in [2.05, 4.69) is 51.5 Å². The average molecular weight is 388 g/mol. The maximum absolute atomic E-state index is 13.7. The second-order valence-electron chi connectivity index (χ2n) is 7.52. The summed E-state index contributed by atoms with van der Waals surface area (Å²) in [4.78, 5) is 13.3. The maximum atomic E-state index is 13.7. The van der Waals surface area contributed by atoms with Crippen LogP contribution in [-0.2, 0) is 0 Å². The molecule has 1 aliphatic carbocycles. The zero-order valence-corrected chi connectivity index (χ0v) is 16.0. The van der Waals surface area contributed by atoms with Crippen molar-refractivity contribution >= 4 is 17.2 Å². The number of hydrogen-bond donors (Lipinski definition) is 2. The number of anilines is 2. The molecule has 0 bridgehead atoms. The van der Waals surface area contributed by atoms with E-state index in [1.807, 2.05) is 0 Å². The van der Waals surface area contributed by atoms with Crippen molar-refractivity contribution < 1.29 is 4.39 Å². The molecule has 0 amide bonds. The lowest BCUT2D eigenvalue weighted by molar-refractivity contribution is 0.534. The molecule has 29 heavy (non-hydrogen) atoms. The molecule has 0 fully saturated rings. The molecule has 7 heteroatoms. The molecule has 4 aromatic rings. The molecule has 1 aromatic carbocycles. The number of rotatable bonds is 3. The van der Waals surface area contributed by atoms with Crippen LogP contribution in [0.1, 0.15) is 42.9 Å². The Hall–Kier alpha value is -3.48. The Labute approximate surface area is 167 Å². The van der Waals surface area contributed by atoms with Crippen molar-refractivity contribution in [3.8, 4) is 11.5 Å². The average Bonchev–Trinajstić information content (AvgIpc) is 3.15. The molecule has 0 radical (unpaired) electrons. The number of pyridine rings is 1. The largest absolute Gasteiger partial charge is 0.394 e. The number of nitrogens with zero attached hydrogens (tertiary/aromatic N) is 4. The lowest BCUT2D eigenvalue weighted by atomic mass is 9.81. The van der Waals surface area contributed by atoms with Crippen LogP contribution in [0.5, 0.6) is 0 Å². The Balaban J connectivity index is 1.52. The van der Waals surface area contributed by atoms with Crippen LogP contribution in [-0.4, -0.2) is 19.4 Å². The molecule has 5 rings (SSSR count). The third-order valence-corrected chi connectivity index (χ3v) is 5.62. The van der Waals surface area contributed by atoms with Crippen molar-refractivity contribution in [2.24, 2.45) is 0 Å². The molecule has 0 spiro atoms. The van der Waals surface area contributed by atoms with Gasteiger partial charge >= 0.3 is 0 Å². The lowest BCUT2D eigenvalue weighted by Gasteiger charge is -2.31. The zero-order chi connectivity index (χ0) is 20.0. The fourth-order valence-electron chi connectivity index (χ4n) is 4.07. The van der Waals surface area contributed by atoms with E-state index in [1.54, 1.807) is 22.9 Å². The summed E-state index contributed by atoms with van der Waals surface area (Å²) in [7, 11) is 0. The van der Waals surface area contributed by atoms with Crippen LogP contribution in [0.15, 0.2) is 55.0 Å². The van der Waals surface area contributed by atoms with Gasteiger partial charge in [-0.1, -0.05) is 31.2 Å². The maximum Gasteiger partial charge on any atom is 0.180 e. The highest BCUT2D eigenvalue weighted by Crippen LogP contribution is 2.39. The molecule has 0 saturated heterocycles.